The summed E-state index contributed by atoms with van der Waals surface area (Å²) in [5.74, 6) is -0.126. The molecule has 2 rings (SSSR count). The molecule has 0 bridgehead atoms. The number of nitrogens with one attached hydrogen (secondary N) is 2. The van der Waals surface area contributed by atoms with Gasteiger partial charge in [-0.15, -0.1) is 0 Å². The lowest BCUT2D eigenvalue weighted by molar-refractivity contribution is 0.0926. The highest BCUT2D eigenvalue weighted by Gasteiger charge is 2.14. The monoisotopic (exact) mass is 296 g/mol. The van der Waals surface area contributed by atoms with Crippen LogP contribution in [0.4, 0.5) is 0 Å². The third-order valence-electron chi connectivity index (χ3n) is 3.71. The van der Waals surface area contributed by atoms with Crippen LogP contribution < -0.4 is 10.9 Å². The summed E-state index contributed by atoms with van der Waals surface area (Å²) >= 11 is 0. The van der Waals surface area contributed by atoms with E-state index in [0.29, 0.717) is 5.56 Å². The van der Waals surface area contributed by atoms with E-state index in [9.17, 15) is 4.79 Å². The van der Waals surface area contributed by atoms with Crippen molar-refractivity contribution in [1.82, 2.24) is 10.9 Å². The molecule has 0 aliphatic rings. The van der Waals surface area contributed by atoms with Crippen LogP contribution >= 0.6 is 0 Å². The molecule has 0 heterocycles. The Hall–Kier alpha value is -2.13. The maximum Gasteiger partial charge on any atom is 0.265 e. The van der Waals surface area contributed by atoms with E-state index in [1.54, 1.807) is 12.1 Å². The summed E-state index contributed by atoms with van der Waals surface area (Å²) in [6, 6.07) is 17.7. The zero-order valence-corrected chi connectivity index (χ0v) is 13.7. The van der Waals surface area contributed by atoms with Gasteiger partial charge in [-0.2, -0.15) is 0 Å². The number of rotatable bonds is 4. The highest BCUT2D eigenvalue weighted by Crippen LogP contribution is 2.23. The molecule has 2 aromatic rings. The number of amides is 1. The summed E-state index contributed by atoms with van der Waals surface area (Å²) in [6.45, 7) is 8.62. The third-order valence-corrected chi connectivity index (χ3v) is 3.71. The molecule has 22 heavy (non-hydrogen) atoms. The number of carbonyl (C=O) groups is 1. The van der Waals surface area contributed by atoms with Crippen molar-refractivity contribution in [3.8, 4) is 0 Å². The summed E-state index contributed by atoms with van der Waals surface area (Å²) in [7, 11) is 0. The molecule has 0 aliphatic carbocycles. The summed E-state index contributed by atoms with van der Waals surface area (Å²) in [4.78, 5) is 12.0. The van der Waals surface area contributed by atoms with Crippen LogP contribution in [-0.2, 0) is 5.41 Å². The minimum atomic E-state index is -0.126. The first-order valence-electron chi connectivity index (χ1n) is 7.59. The van der Waals surface area contributed by atoms with Gasteiger partial charge in [-0.05, 0) is 35.6 Å². The van der Waals surface area contributed by atoms with Crippen molar-refractivity contribution in [1.29, 1.82) is 0 Å². The molecule has 0 aromatic heterocycles. The van der Waals surface area contributed by atoms with E-state index < -0.39 is 0 Å². The zero-order valence-electron chi connectivity index (χ0n) is 13.7. The van der Waals surface area contributed by atoms with Crippen LogP contribution in [0.5, 0.6) is 0 Å². The zero-order chi connectivity index (χ0) is 16.2. The van der Waals surface area contributed by atoms with Crippen molar-refractivity contribution in [3.05, 3.63) is 71.3 Å². The lowest BCUT2D eigenvalue weighted by atomic mass is 9.86. The molecule has 0 aliphatic heterocycles. The summed E-state index contributed by atoms with van der Waals surface area (Å²) in [5, 5.41) is 0. The average molecular weight is 296 g/mol. The Labute approximate surface area is 132 Å². The van der Waals surface area contributed by atoms with Crippen molar-refractivity contribution < 1.29 is 4.79 Å². The first kappa shape index (κ1) is 16.2. The number of hydrazine groups is 1. The SMILES string of the molecule is C[C@H](NNC(=O)c1ccccc1)c1ccc(C(C)(C)C)cc1. The Bertz CT molecular complexity index is 612. The molecule has 1 atom stereocenters. The van der Waals surface area contributed by atoms with Gasteiger partial charge in [-0.3, -0.25) is 10.2 Å². The quantitative estimate of drug-likeness (QED) is 0.838. The standard InChI is InChI=1S/C19H24N2O/c1-14(15-10-12-17(13-11-15)19(2,3)4)20-21-18(22)16-8-6-5-7-9-16/h5-14,20H,1-4H3,(H,21,22)/t14-/m0/s1. The molecule has 116 valence electrons. The minimum Gasteiger partial charge on any atom is -0.287 e. The van der Waals surface area contributed by atoms with Gasteiger partial charge in [-0.25, -0.2) is 5.43 Å². The van der Waals surface area contributed by atoms with E-state index in [0.717, 1.165) is 5.56 Å². The normalized spacial score (nSPS) is 12.7. The van der Waals surface area contributed by atoms with Crippen LogP contribution in [0.25, 0.3) is 0 Å². The van der Waals surface area contributed by atoms with E-state index >= 15 is 0 Å². The van der Waals surface area contributed by atoms with Gasteiger partial charge in [0.15, 0.2) is 0 Å². The molecule has 0 fully saturated rings. The summed E-state index contributed by atoms with van der Waals surface area (Å²) in [5.41, 5.74) is 9.04. The Balaban J connectivity index is 1.95. The van der Waals surface area contributed by atoms with E-state index in [2.05, 4.69) is 55.9 Å². The average Bonchev–Trinajstić information content (AvgIpc) is 2.52. The number of carbonyl (C=O) groups excluding carboxylic acids is 1. The second-order valence-electron chi connectivity index (χ2n) is 6.56. The molecule has 0 saturated heterocycles. The van der Waals surface area contributed by atoms with E-state index in [-0.39, 0.29) is 17.4 Å². The molecule has 2 N–H and O–H groups in total. The van der Waals surface area contributed by atoms with Gasteiger partial charge in [0.25, 0.3) is 5.91 Å². The number of hydrogen-bond donors (Lipinski definition) is 2. The Morgan fingerprint density at radius 2 is 1.55 bits per heavy atom. The van der Waals surface area contributed by atoms with Crippen LogP contribution in [0.1, 0.15) is 55.2 Å². The number of benzene rings is 2. The van der Waals surface area contributed by atoms with Crippen LogP contribution in [0, 0.1) is 0 Å². The largest absolute Gasteiger partial charge is 0.287 e. The fourth-order valence-corrected chi connectivity index (χ4v) is 2.19. The Kier molecular flexibility index (Phi) is 4.99. The highest BCUT2D eigenvalue weighted by atomic mass is 16.2. The summed E-state index contributed by atoms with van der Waals surface area (Å²) in [6.07, 6.45) is 0. The van der Waals surface area contributed by atoms with Crippen molar-refractivity contribution in [2.24, 2.45) is 0 Å². The van der Waals surface area contributed by atoms with E-state index in [4.69, 9.17) is 0 Å². The fourth-order valence-electron chi connectivity index (χ4n) is 2.19. The van der Waals surface area contributed by atoms with Crippen molar-refractivity contribution in [2.75, 3.05) is 0 Å². The lowest BCUT2D eigenvalue weighted by Crippen LogP contribution is -2.39. The van der Waals surface area contributed by atoms with Gasteiger partial charge in [0.1, 0.15) is 0 Å². The number of hydrogen-bond acceptors (Lipinski definition) is 2. The maximum atomic E-state index is 12.0. The second-order valence-corrected chi connectivity index (χ2v) is 6.56. The summed E-state index contributed by atoms with van der Waals surface area (Å²) < 4.78 is 0. The minimum absolute atomic E-state index is 0.0432. The van der Waals surface area contributed by atoms with Gasteiger partial charge < -0.3 is 0 Å². The van der Waals surface area contributed by atoms with Crippen LogP contribution in [0.3, 0.4) is 0 Å². The van der Waals surface area contributed by atoms with Crippen LogP contribution in [-0.4, -0.2) is 5.91 Å². The lowest BCUT2D eigenvalue weighted by Gasteiger charge is -2.21. The molecule has 3 nitrogen and oxygen atoms in total. The Morgan fingerprint density at radius 3 is 2.09 bits per heavy atom. The molecule has 0 unspecified atom stereocenters. The molecule has 0 radical (unpaired) electrons. The maximum absolute atomic E-state index is 12.0. The predicted octanol–water partition coefficient (Wildman–Crippen LogP) is 3.98. The third kappa shape index (κ3) is 4.18. The van der Waals surface area contributed by atoms with Crippen molar-refractivity contribution >= 4 is 5.91 Å². The first-order valence-corrected chi connectivity index (χ1v) is 7.59. The molecular weight excluding hydrogens is 272 g/mol. The van der Waals surface area contributed by atoms with Gasteiger partial charge in [0.05, 0.1) is 0 Å². The smallest absolute Gasteiger partial charge is 0.265 e. The van der Waals surface area contributed by atoms with Crippen molar-refractivity contribution in [2.45, 2.75) is 39.2 Å². The van der Waals surface area contributed by atoms with E-state index in [1.165, 1.54) is 5.56 Å². The van der Waals surface area contributed by atoms with Crippen LogP contribution in [0.15, 0.2) is 54.6 Å². The predicted molar refractivity (Wildman–Crippen MR) is 90.6 cm³/mol. The molecule has 1 amide bonds. The van der Waals surface area contributed by atoms with Crippen molar-refractivity contribution in [3.63, 3.8) is 0 Å². The molecule has 0 spiro atoms. The highest BCUT2D eigenvalue weighted by molar-refractivity contribution is 5.93. The molecule has 3 heteroatoms. The van der Waals surface area contributed by atoms with Gasteiger partial charge in [0, 0.05) is 11.6 Å². The molecule has 0 saturated carbocycles. The molecular formula is C19H24N2O. The Morgan fingerprint density at radius 1 is 0.955 bits per heavy atom. The topological polar surface area (TPSA) is 41.1 Å². The second kappa shape index (κ2) is 6.75. The fraction of sp³-hybridized carbons (Fsp3) is 0.316. The van der Waals surface area contributed by atoms with Crippen LogP contribution in [0.2, 0.25) is 0 Å². The van der Waals surface area contributed by atoms with Gasteiger partial charge in [0.2, 0.25) is 0 Å². The van der Waals surface area contributed by atoms with Gasteiger partial charge >= 0.3 is 0 Å². The first-order chi connectivity index (χ1) is 10.4. The molecule has 2 aromatic carbocycles. The van der Waals surface area contributed by atoms with Gasteiger partial charge in [-0.1, -0.05) is 63.2 Å². The van der Waals surface area contributed by atoms with E-state index in [1.807, 2.05) is 25.1 Å².